The molecule has 2 saturated heterocycles. The van der Waals surface area contributed by atoms with Gasteiger partial charge in [-0.1, -0.05) is 0 Å². The molecule has 2 bridgehead atoms. The quantitative estimate of drug-likeness (QED) is 0.737. The number of carbonyl (C=O) groups is 1. The summed E-state index contributed by atoms with van der Waals surface area (Å²) in [6.07, 6.45) is 14.7. The summed E-state index contributed by atoms with van der Waals surface area (Å²) in [4.78, 5) is 23.2. The summed E-state index contributed by atoms with van der Waals surface area (Å²) in [6.45, 7) is 1.20. The van der Waals surface area contributed by atoms with E-state index in [4.69, 9.17) is 0 Å². The number of piperidine rings is 1. The minimum atomic E-state index is -0.783. The van der Waals surface area contributed by atoms with E-state index < -0.39 is 5.60 Å². The van der Waals surface area contributed by atoms with Crippen LogP contribution in [0.5, 0.6) is 0 Å². The zero-order chi connectivity index (χ0) is 19.1. The normalized spacial score (nSPS) is 26.8. The SMILES string of the molecule is O=C(CCn1ccnc1)N1[C@@H]2CC[C@H]1CC(O)(Cn1ccc3ccncc31)C2. The summed E-state index contributed by atoms with van der Waals surface area (Å²) >= 11 is 0. The van der Waals surface area contributed by atoms with Crippen molar-refractivity contribution in [2.45, 2.75) is 62.9 Å². The van der Waals surface area contributed by atoms with Crippen LogP contribution >= 0.6 is 0 Å². The Kier molecular flexibility index (Phi) is 4.19. The van der Waals surface area contributed by atoms with E-state index in [0.29, 0.717) is 32.4 Å². The Morgan fingerprint density at radius 1 is 1.14 bits per heavy atom. The van der Waals surface area contributed by atoms with Gasteiger partial charge in [0.25, 0.3) is 0 Å². The summed E-state index contributed by atoms with van der Waals surface area (Å²) in [7, 11) is 0. The van der Waals surface area contributed by atoms with E-state index in [1.165, 1.54) is 0 Å². The van der Waals surface area contributed by atoms with Crippen LogP contribution in [0.2, 0.25) is 0 Å². The Balaban J connectivity index is 1.28. The molecule has 1 amide bonds. The highest BCUT2D eigenvalue weighted by Crippen LogP contribution is 2.42. The van der Waals surface area contributed by atoms with Crippen LogP contribution in [0, 0.1) is 0 Å². The fourth-order valence-electron chi connectivity index (χ4n) is 5.11. The van der Waals surface area contributed by atoms with Crippen LogP contribution in [0.3, 0.4) is 0 Å². The van der Waals surface area contributed by atoms with Gasteiger partial charge in [-0.05, 0) is 37.8 Å². The van der Waals surface area contributed by atoms with Crippen molar-refractivity contribution in [1.82, 2.24) is 24.0 Å². The van der Waals surface area contributed by atoms with E-state index in [1.54, 1.807) is 18.7 Å². The molecule has 2 aliphatic rings. The predicted octanol–water partition coefficient (Wildman–Crippen LogP) is 2.21. The highest BCUT2D eigenvalue weighted by Gasteiger charge is 2.49. The summed E-state index contributed by atoms with van der Waals surface area (Å²) in [5.41, 5.74) is 0.261. The molecule has 0 aromatic carbocycles. The van der Waals surface area contributed by atoms with E-state index in [0.717, 1.165) is 23.7 Å². The van der Waals surface area contributed by atoms with Crippen molar-refractivity contribution in [3.63, 3.8) is 0 Å². The number of hydrogen-bond donors (Lipinski definition) is 1. The monoisotopic (exact) mass is 379 g/mol. The molecule has 0 aliphatic carbocycles. The van der Waals surface area contributed by atoms with Gasteiger partial charge in [-0.15, -0.1) is 0 Å². The average Bonchev–Trinajstić information content (AvgIpc) is 3.40. The van der Waals surface area contributed by atoms with Gasteiger partial charge in [-0.25, -0.2) is 4.98 Å². The second-order valence-corrected chi connectivity index (χ2v) is 8.25. The van der Waals surface area contributed by atoms with Crippen molar-refractivity contribution in [2.24, 2.45) is 0 Å². The lowest BCUT2D eigenvalue weighted by molar-refractivity contribution is -0.142. The number of aryl methyl sites for hydroxylation is 1. The number of hydrogen-bond acceptors (Lipinski definition) is 4. The number of pyridine rings is 1. The molecule has 7 heteroatoms. The largest absolute Gasteiger partial charge is 0.388 e. The molecule has 0 radical (unpaired) electrons. The van der Waals surface area contributed by atoms with Gasteiger partial charge >= 0.3 is 0 Å². The van der Waals surface area contributed by atoms with Crippen molar-refractivity contribution in [2.75, 3.05) is 0 Å². The Hall–Kier alpha value is -2.67. The molecule has 3 atom stereocenters. The fourth-order valence-corrected chi connectivity index (χ4v) is 5.11. The summed E-state index contributed by atoms with van der Waals surface area (Å²) in [5, 5.41) is 12.5. The van der Waals surface area contributed by atoms with Crippen LogP contribution in [0.1, 0.15) is 32.1 Å². The van der Waals surface area contributed by atoms with Gasteiger partial charge in [0.1, 0.15) is 0 Å². The summed E-state index contributed by atoms with van der Waals surface area (Å²) in [6, 6.07) is 4.32. The standard InChI is InChI=1S/C21H25N5O2/c27-20(5-8-24-10-7-23-15-24)26-17-1-2-18(26)12-21(28,11-17)14-25-9-4-16-3-6-22-13-19(16)25/h3-4,6-7,9-10,13,15,17-18,28H,1-2,5,8,11-12,14H2/t17-,18+,21?. The second-order valence-electron chi connectivity index (χ2n) is 8.25. The van der Waals surface area contributed by atoms with E-state index in [2.05, 4.69) is 25.5 Å². The highest BCUT2D eigenvalue weighted by molar-refractivity contribution is 5.79. The van der Waals surface area contributed by atoms with E-state index in [-0.39, 0.29) is 18.0 Å². The van der Waals surface area contributed by atoms with Gasteiger partial charge in [0.15, 0.2) is 0 Å². The van der Waals surface area contributed by atoms with Crippen LogP contribution in [0.4, 0.5) is 0 Å². The molecule has 1 unspecified atom stereocenters. The van der Waals surface area contributed by atoms with E-state index in [1.807, 2.05) is 29.2 Å². The third-order valence-electron chi connectivity index (χ3n) is 6.32. The number of nitrogens with zero attached hydrogens (tertiary/aromatic N) is 5. The van der Waals surface area contributed by atoms with Gasteiger partial charge in [0.05, 0.1) is 30.2 Å². The minimum Gasteiger partial charge on any atom is -0.388 e. The maximum atomic E-state index is 12.9. The van der Waals surface area contributed by atoms with Crippen molar-refractivity contribution >= 4 is 16.8 Å². The zero-order valence-corrected chi connectivity index (χ0v) is 15.8. The van der Waals surface area contributed by atoms with Gasteiger partial charge in [-0.3, -0.25) is 9.78 Å². The van der Waals surface area contributed by atoms with Crippen LogP contribution in [0.15, 0.2) is 49.4 Å². The molecule has 2 aliphatic heterocycles. The molecule has 146 valence electrons. The number of imidazole rings is 1. The zero-order valence-electron chi connectivity index (χ0n) is 15.8. The number of aliphatic hydroxyl groups is 1. The summed E-state index contributed by atoms with van der Waals surface area (Å²) < 4.78 is 4.03. The highest BCUT2D eigenvalue weighted by atomic mass is 16.3. The fraction of sp³-hybridized carbons (Fsp3) is 0.476. The molecule has 1 N–H and O–H groups in total. The Morgan fingerprint density at radius 2 is 1.96 bits per heavy atom. The molecule has 0 saturated carbocycles. The smallest absolute Gasteiger partial charge is 0.224 e. The molecule has 5 heterocycles. The van der Waals surface area contributed by atoms with Crippen molar-refractivity contribution in [3.05, 3.63) is 49.4 Å². The third kappa shape index (κ3) is 3.09. The Labute approximate surface area is 163 Å². The lowest BCUT2D eigenvalue weighted by Crippen LogP contribution is -2.54. The number of rotatable bonds is 5. The molecular weight excluding hydrogens is 354 g/mol. The van der Waals surface area contributed by atoms with Gasteiger partial charge in [0.2, 0.25) is 5.91 Å². The third-order valence-corrected chi connectivity index (χ3v) is 6.32. The average molecular weight is 379 g/mol. The summed E-state index contributed by atoms with van der Waals surface area (Å²) in [5.74, 6) is 0.193. The van der Waals surface area contributed by atoms with Crippen LogP contribution in [-0.2, 0) is 17.9 Å². The van der Waals surface area contributed by atoms with Gasteiger partial charge in [0, 0.05) is 55.2 Å². The molecule has 7 nitrogen and oxygen atoms in total. The second kappa shape index (κ2) is 6.74. The first-order chi connectivity index (χ1) is 13.6. The topological polar surface area (TPSA) is 76.2 Å². The van der Waals surface area contributed by atoms with Crippen molar-refractivity contribution in [1.29, 1.82) is 0 Å². The van der Waals surface area contributed by atoms with Crippen LogP contribution < -0.4 is 0 Å². The lowest BCUT2D eigenvalue weighted by Gasteiger charge is -2.44. The first kappa shape index (κ1) is 17.4. The van der Waals surface area contributed by atoms with E-state index in [9.17, 15) is 9.90 Å². The lowest BCUT2D eigenvalue weighted by atomic mass is 9.85. The molecular formula is C21H25N5O2. The van der Waals surface area contributed by atoms with Crippen molar-refractivity contribution in [3.8, 4) is 0 Å². The maximum absolute atomic E-state index is 12.9. The Bertz CT molecular complexity index is 966. The van der Waals surface area contributed by atoms with Crippen LogP contribution in [-0.4, -0.2) is 52.7 Å². The molecule has 28 heavy (non-hydrogen) atoms. The first-order valence-electron chi connectivity index (χ1n) is 9.99. The van der Waals surface area contributed by atoms with Gasteiger partial charge < -0.3 is 19.1 Å². The number of aromatic nitrogens is 4. The first-order valence-corrected chi connectivity index (χ1v) is 9.99. The number of amides is 1. The number of carbonyl (C=O) groups excluding carboxylic acids is 1. The van der Waals surface area contributed by atoms with Crippen molar-refractivity contribution < 1.29 is 9.90 Å². The minimum absolute atomic E-state index is 0.138. The maximum Gasteiger partial charge on any atom is 0.224 e. The molecule has 3 aromatic rings. The molecule has 5 rings (SSSR count). The number of fused-ring (bicyclic) bond motifs is 3. The van der Waals surface area contributed by atoms with Gasteiger partial charge in [-0.2, -0.15) is 0 Å². The molecule has 2 fully saturated rings. The van der Waals surface area contributed by atoms with E-state index >= 15 is 0 Å². The van der Waals surface area contributed by atoms with Crippen LogP contribution in [0.25, 0.3) is 10.9 Å². The molecule has 0 spiro atoms. The molecule has 3 aromatic heterocycles. The predicted molar refractivity (Wildman–Crippen MR) is 104 cm³/mol. The Morgan fingerprint density at radius 3 is 2.71 bits per heavy atom.